The molecule has 0 aliphatic rings. The van der Waals surface area contributed by atoms with Crippen LogP contribution in [0.4, 0.5) is 0 Å². The van der Waals surface area contributed by atoms with E-state index in [0.717, 1.165) is 0 Å². The third kappa shape index (κ3) is 5.19. The molecule has 0 saturated carbocycles. The first-order valence-electron chi connectivity index (χ1n) is 7.05. The zero-order chi connectivity index (χ0) is 15.8. The molecule has 0 aliphatic carbocycles. The summed E-state index contributed by atoms with van der Waals surface area (Å²) < 4.78 is 10.6. The highest BCUT2D eigenvalue weighted by Crippen LogP contribution is 2.27. The normalized spacial score (nSPS) is 10.5. The number of aliphatic hydroxyl groups is 1. The number of carbonyl (C=O) groups excluding carboxylic acids is 2. The summed E-state index contributed by atoms with van der Waals surface area (Å²) in [6.45, 7) is 5.66. The van der Waals surface area contributed by atoms with Crippen molar-refractivity contribution < 1.29 is 24.2 Å². The van der Waals surface area contributed by atoms with Gasteiger partial charge in [0.1, 0.15) is 12.0 Å². The van der Waals surface area contributed by atoms with Gasteiger partial charge >= 0.3 is 5.97 Å². The van der Waals surface area contributed by atoms with Crippen molar-refractivity contribution in [3.8, 4) is 5.75 Å². The monoisotopic (exact) mass is 294 g/mol. The van der Waals surface area contributed by atoms with E-state index in [0.29, 0.717) is 41.8 Å². The summed E-state index contributed by atoms with van der Waals surface area (Å²) in [5.74, 6) is 0.221. The predicted molar refractivity (Wildman–Crippen MR) is 78.5 cm³/mol. The first-order chi connectivity index (χ1) is 10.0. The average molecular weight is 294 g/mol. The van der Waals surface area contributed by atoms with Crippen LogP contribution in [0.3, 0.4) is 0 Å². The zero-order valence-electron chi connectivity index (χ0n) is 12.7. The number of rotatable bonds is 8. The minimum absolute atomic E-state index is 0.0696. The number of esters is 1. The van der Waals surface area contributed by atoms with Gasteiger partial charge in [0, 0.05) is 17.5 Å². The summed E-state index contributed by atoms with van der Waals surface area (Å²) in [5, 5.41) is 9.25. The third-order valence-corrected chi connectivity index (χ3v) is 2.86. The minimum Gasteiger partial charge on any atom is -0.491 e. The van der Waals surface area contributed by atoms with E-state index in [1.54, 1.807) is 19.1 Å². The van der Waals surface area contributed by atoms with Crippen LogP contribution < -0.4 is 4.74 Å². The Morgan fingerprint density at radius 3 is 2.62 bits per heavy atom. The molecule has 0 fully saturated rings. The summed E-state index contributed by atoms with van der Waals surface area (Å²) in [6.07, 6.45) is 1.19. The van der Waals surface area contributed by atoms with Crippen LogP contribution in [0.2, 0.25) is 0 Å². The molecule has 1 aromatic rings. The maximum absolute atomic E-state index is 11.5. The highest BCUT2D eigenvalue weighted by molar-refractivity contribution is 5.80. The molecule has 0 amide bonds. The Labute approximate surface area is 124 Å². The van der Waals surface area contributed by atoms with Crippen LogP contribution in [0, 0.1) is 0 Å². The van der Waals surface area contributed by atoms with Gasteiger partial charge in [-0.25, -0.2) is 0 Å². The average Bonchev–Trinajstić information content (AvgIpc) is 2.44. The molecule has 5 heteroatoms. The van der Waals surface area contributed by atoms with Crippen LogP contribution in [-0.4, -0.2) is 30.1 Å². The second-order valence-electron chi connectivity index (χ2n) is 4.91. The van der Waals surface area contributed by atoms with Gasteiger partial charge in [-0.1, -0.05) is 0 Å². The second-order valence-corrected chi connectivity index (χ2v) is 4.91. The molecular weight excluding hydrogens is 272 g/mol. The molecule has 0 aliphatic heterocycles. The van der Waals surface area contributed by atoms with Crippen LogP contribution in [-0.2, 0) is 22.6 Å². The number of aliphatic hydroxyl groups excluding tert-OH is 1. The van der Waals surface area contributed by atoms with E-state index in [1.165, 1.54) is 0 Å². The van der Waals surface area contributed by atoms with E-state index in [-0.39, 0.29) is 25.1 Å². The molecule has 0 radical (unpaired) electrons. The summed E-state index contributed by atoms with van der Waals surface area (Å²) in [4.78, 5) is 22.7. The Bertz CT molecular complexity index is 494. The SMILES string of the molecule is CCOC(=O)CCc1c(C=O)cc(CO)cc1OC(C)C. The van der Waals surface area contributed by atoms with Crippen LogP contribution in [0.1, 0.15) is 48.7 Å². The lowest BCUT2D eigenvalue weighted by atomic mass is 9.99. The summed E-state index contributed by atoms with van der Waals surface area (Å²) in [6, 6.07) is 3.31. The Morgan fingerprint density at radius 2 is 2.10 bits per heavy atom. The van der Waals surface area contributed by atoms with Gasteiger partial charge in [-0.3, -0.25) is 9.59 Å². The molecular formula is C16H22O5. The Hall–Kier alpha value is -1.88. The quantitative estimate of drug-likeness (QED) is 0.588. The van der Waals surface area contributed by atoms with Gasteiger partial charge in [0.15, 0.2) is 0 Å². The fourth-order valence-electron chi connectivity index (χ4n) is 2.01. The molecule has 5 nitrogen and oxygen atoms in total. The molecule has 0 saturated heterocycles. The van der Waals surface area contributed by atoms with E-state index in [9.17, 15) is 14.7 Å². The largest absolute Gasteiger partial charge is 0.491 e. The molecule has 0 spiro atoms. The number of aldehydes is 1. The van der Waals surface area contributed by atoms with Crippen LogP contribution in [0.15, 0.2) is 12.1 Å². The maximum Gasteiger partial charge on any atom is 0.306 e. The number of benzene rings is 1. The topological polar surface area (TPSA) is 72.8 Å². The first-order valence-corrected chi connectivity index (χ1v) is 7.05. The van der Waals surface area contributed by atoms with Crippen molar-refractivity contribution >= 4 is 12.3 Å². The maximum atomic E-state index is 11.5. The number of ether oxygens (including phenoxy) is 2. The highest BCUT2D eigenvalue weighted by Gasteiger charge is 2.15. The molecule has 116 valence electrons. The van der Waals surface area contributed by atoms with Crippen LogP contribution in [0.5, 0.6) is 5.75 Å². The molecule has 21 heavy (non-hydrogen) atoms. The lowest BCUT2D eigenvalue weighted by molar-refractivity contribution is -0.143. The summed E-state index contributed by atoms with van der Waals surface area (Å²) in [5.41, 5.74) is 1.71. The fourth-order valence-corrected chi connectivity index (χ4v) is 2.01. The third-order valence-electron chi connectivity index (χ3n) is 2.86. The molecule has 1 N–H and O–H groups in total. The fraction of sp³-hybridized carbons (Fsp3) is 0.500. The molecule has 1 rings (SSSR count). The molecule has 0 bridgehead atoms. The van der Waals surface area contributed by atoms with Crippen molar-refractivity contribution in [1.29, 1.82) is 0 Å². The smallest absolute Gasteiger partial charge is 0.306 e. The van der Waals surface area contributed by atoms with Gasteiger partial charge in [-0.05, 0) is 44.9 Å². The van der Waals surface area contributed by atoms with Crippen molar-refractivity contribution in [2.45, 2.75) is 46.3 Å². The molecule has 0 unspecified atom stereocenters. The van der Waals surface area contributed by atoms with Crippen molar-refractivity contribution in [2.75, 3.05) is 6.61 Å². The Kier molecular flexibility index (Phi) is 6.88. The Balaban J connectivity index is 3.07. The van der Waals surface area contributed by atoms with Gasteiger partial charge < -0.3 is 14.6 Å². The highest BCUT2D eigenvalue weighted by atomic mass is 16.5. The van der Waals surface area contributed by atoms with Crippen molar-refractivity contribution in [3.05, 3.63) is 28.8 Å². The Morgan fingerprint density at radius 1 is 1.38 bits per heavy atom. The van der Waals surface area contributed by atoms with Crippen LogP contribution in [0.25, 0.3) is 0 Å². The van der Waals surface area contributed by atoms with Crippen molar-refractivity contribution in [3.63, 3.8) is 0 Å². The lowest BCUT2D eigenvalue weighted by Gasteiger charge is -2.17. The van der Waals surface area contributed by atoms with E-state index < -0.39 is 0 Å². The van der Waals surface area contributed by atoms with Gasteiger partial charge in [0.25, 0.3) is 0 Å². The number of carbonyl (C=O) groups is 2. The summed E-state index contributed by atoms with van der Waals surface area (Å²) >= 11 is 0. The molecule has 1 aromatic carbocycles. The van der Waals surface area contributed by atoms with Crippen LogP contribution >= 0.6 is 0 Å². The minimum atomic E-state index is -0.309. The van der Waals surface area contributed by atoms with E-state index in [4.69, 9.17) is 9.47 Å². The lowest BCUT2D eigenvalue weighted by Crippen LogP contribution is -2.12. The zero-order valence-corrected chi connectivity index (χ0v) is 12.7. The summed E-state index contributed by atoms with van der Waals surface area (Å²) in [7, 11) is 0. The van der Waals surface area contributed by atoms with E-state index >= 15 is 0 Å². The molecule has 0 aromatic heterocycles. The predicted octanol–water partition coefficient (Wildman–Crippen LogP) is 2.27. The van der Waals surface area contributed by atoms with Crippen molar-refractivity contribution in [2.24, 2.45) is 0 Å². The molecule has 0 atom stereocenters. The van der Waals surface area contributed by atoms with Gasteiger partial charge in [0.2, 0.25) is 0 Å². The standard InChI is InChI=1S/C16H22O5/c1-4-20-16(19)6-5-14-13(10-18)7-12(9-17)8-15(14)21-11(2)3/h7-8,10-11,17H,4-6,9H2,1-3H3. The number of hydrogen-bond acceptors (Lipinski definition) is 5. The number of hydrogen-bond donors (Lipinski definition) is 1. The van der Waals surface area contributed by atoms with E-state index in [1.807, 2.05) is 13.8 Å². The second kappa shape index (κ2) is 8.42. The molecule has 0 heterocycles. The first kappa shape index (κ1) is 17.2. The van der Waals surface area contributed by atoms with Gasteiger partial charge in [0.05, 0.1) is 19.3 Å². The van der Waals surface area contributed by atoms with E-state index in [2.05, 4.69) is 0 Å². The van der Waals surface area contributed by atoms with Gasteiger partial charge in [-0.2, -0.15) is 0 Å². The van der Waals surface area contributed by atoms with Gasteiger partial charge in [-0.15, -0.1) is 0 Å². The van der Waals surface area contributed by atoms with Crippen molar-refractivity contribution in [1.82, 2.24) is 0 Å².